The van der Waals surface area contributed by atoms with Crippen LogP contribution in [0.3, 0.4) is 0 Å². The van der Waals surface area contributed by atoms with Crippen LogP contribution in [-0.4, -0.2) is 18.7 Å². The highest BCUT2D eigenvalue weighted by molar-refractivity contribution is 5.29. The molecule has 1 aromatic carbocycles. The van der Waals surface area contributed by atoms with Gasteiger partial charge in [0.15, 0.2) is 0 Å². The van der Waals surface area contributed by atoms with Gasteiger partial charge < -0.3 is 10.1 Å². The quantitative estimate of drug-likeness (QED) is 0.790. The van der Waals surface area contributed by atoms with E-state index in [9.17, 15) is 4.39 Å². The lowest BCUT2D eigenvalue weighted by atomic mass is 10.0. The third-order valence-electron chi connectivity index (χ3n) is 3.29. The summed E-state index contributed by atoms with van der Waals surface area (Å²) < 4.78 is 18.9. The first-order valence-corrected chi connectivity index (χ1v) is 5.73. The lowest BCUT2D eigenvalue weighted by molar-refractivity contribution is -0.0511. The summed E-state index contributed by atoms with van der Waals surface area (Å²) in [5, 5.41) is 3.40. The molecule has 2 rings (SSSR count). The lowest BCUT2D eigenvalue weighted by Gasteiger charge is -2.34. The molecule has 1 saturated heterocycles. The van der Waals surface area contributed by atoms with Crippen molar-refractivity contribution in [3.8, 4) is 0 Å². The predicted octanol–water partition coefficient (Wildman–Crippen LogP) is 2.57. The number of aryl methyl sites for hydroxylation is 1. The van der Waals surface area contributed by atoms with E-state index in [1.807, 2.05) is 13.0 Å². The Balaban J connectivity index is 2.18. The van der Waals surface area contributed by atoms with Gasteiger partial charge in [-0.2, -0.15) is 0 Å². The van der Waals surface area contributed by atoms with Gasteiger partial charge in [-0.1, -0.05) is 6.07 Å². The predicted molar refractivity (Wildman–Crippen MR) is 61.9 cm³/mol. The summed E-state index contributed by atoms with van der Waals surface area (Å²) >= 11 is 0. The second-order valence-electron chi connectivity index (χ2n) is 4.53. The minimum absolute atomic E-state index is 0.0341. The number of nitrogens with one attached hydrogen (secondary N) is 1. The molecule has 1 heterocycles. The van der Waals surface area contributed by atoms with Crippen molar-refractivity contribution < 1.29 is 9.13 Å². The van der Waals surface area contributed by atoms with Crippen molar-refractivity contribution in [2.75, 3.05) is 6.54 Å². The second kappa shape index (κ2) is 4.52. The highest BCUT2D eigenvalue weighted by Gasteiger charge is 2.26. The van der Waals surface area contributed by atoms with Crippen molar-refractivity contribution in [2.45, 2.75) is 39.0 Å². The number of morpholine rings is 1. The average molecular weight is 223 g/mol. The Hall–Kier alpha value is -0.930. The van der Waals surface area contributed by atoms with Gasteiger partial charge in [0.1, 0.15) is 5.82 Å². The minimum Gasteiger partial charge on any atom is -0.368 e. The van der Waals surface area contributed by atoms with Crippen molar-refractivity contribution >= 4 is 0 Å². The van der Waals surface area contributed by atoms with Gasteiger partial charge in [0, 0.05) is 12.6 Å². The fraction of sp³-hybridized carbons (Fsp3) is 0.538. The molecule has 0 aliphatic carbocycles. The van der Waals surface area contributed by atoms with Crippen LogP contribution in [0.5, 0.6) is 0 Å². The molecule has 1 aliphatic heterocycles. The van der Waals surface area contributed by atoms with Crippen molar-refractivity contribution in [1.82, 2.24) is 5.32 Å². The van der Waals surface area contributed by atoms with E-state index >= 15 is 0 Å². The van der Waals surface area contributed by atoms with E-state index in [1.54, 1.807) is 6.07 Å². The highest BCUT2D eigenvalue weighted by Crippen LogP contribution is 2.26. The summed E-state index contributed by atoms with van der Waals surface area (Å²) in [6, 6.07) is 5.24. The molecular formula is C13H18FNO. The first-order valence-electron chi connectivity index (χ1n) is 5.73. The zero-order valence-corrected chi connectivity index (χ0v) is 9.96. The van der Waals surface area contributed by atoms with E-state index in [4.69, 9.17) is 4.74 Å². The van der Waals surface area contributed by atoms with Crippen molar-refractivity contribution in [1.29, 1.82) is 0 Å². The molecule has 0 radical (unpaired) electrons. The molecule has 0 bridgehead atoms. The molecule has 16 heavy (non-hydrogen) atoms. The summed E-state index contributed by atoms with van der Waals surface area (Å²) in [4.78, 5) is 0. The molecule has 0 saturated carbocycles. The molecule has 88 valence electrons. The van der Waals surface area contributed by atoms with Crippen LogP contribution in [0.25, 0.3) is 0 Å². The SMILES string of the molecule is Cc1cc(F)ccc1C1CNC(C)C(C)O1. The summed E-state index contributed by atoms with van der Waals surface area (Å²) in [5.41, 5.74) is 2.03. The van der Waals surface area contributed by atoms with Crippen molar-refractivity contribution in [3.63, 3.8) is 0 Å². The standard InChI is InChI=1S/C13H18FNO/c1-8-6-11(14)4-5-12(8)13-7-15-9(2)10(3)16-13/h4-6,9-10,13,15H,7H2,1-3H3. The van der Waals surface area contributed by atoms with Crippen LogP contribution in [0.4, 0.5) is 4.39 Å². The topological polar surface area (TPSA) is 21.3 Å². The molecule has 3 heteroatoms. The zero-order valence-electron chi connectivity index (χ0n) is 9.96. The minimum atomic E-state index is -0.188. The highest BCUT2D eigenvalue weighted by atomic mass is 19.1. The summed E-state index contributed by atoms with van der Waals surface area (Å²) in [5.74, 6) is -0.188. The molecule has 3 unspecified atom stereocenters. The van der Waals surface area contributed by atoms with Gasteiger partial charge in [0.2, 0.25) is 0 Å². The van der Waals surface area contributed by atoms with Gasteiger partial charge in [-0.3, -0.25) is 0 Å². The summed E-state index contributed by atoms with van der Waals surface area (Å²) in [7, 11) is 0. The number of rotatable bonds is 1. The van der Waals surface area contributed by atoms with Crippen LogP contribution < -0.4 is 5.32 Å². The Morgan fingerprint density at radius 2 is 2.12 bits per heavy atom. The van der Waals surface area contributed by atoms with Crippen LogP contribution >= 0.6 is 0 Å². The van der Waals surface area contributed by atoms with Crippen LogP contribution in [0, 0.1) is 12.7 Å². The maximum absolute atomic E-state index is 13.0. The first kappa shape index (κ1) is 11.6. The smallest absolute Gasteiger partial charge is 0.123 e. The fourth-order valence-corrected chi connectivity index (χ4v) is 2.07. The molecule has 1 aromatic rings. The maximum Gasteiger partial charge on any atom is 0.123 e. The summed E-state index contributed by atoms with van der Waals surface area (Å²) in [6.07, 6.45) is 0.218. The second-order valence-corrected chi connectivity index (χ2v) is 4.53. The number of ether oxygens (including phenoxy) is 1. The Kier molecular flexibility index (Phi) is 3.26. The first-order chi connectivity index (χ1) is 7.58. The lowest BCUT2D eigenvalue weighted by Crippen LogP contribution is -2.46. The van der Waals surface area contributed by atoms with Gasteiger partial charge in [-0.15, -0.1) is 0 Å². The van der Waals surface area contributed by atoms with E-state index in [0.29, 0.717) is 6.04 Å². The van der Waals surface area contributed by atoms with E-state index in [-0.39, 0.29) is 18.0 Å². The fourth-order valence-electron chi connectivity index (χ4n) is 2.07. The van der Waals surface area contributed by atoms with Gasteiger partial charge in [-0.25, -0.2) is 4.39 Å². The molecule has 1 aliphatic rings. The third-order valence-corrected chi connectivity index (χ3v) is 3.29. The third kappa shape index (κ3) is 2.25. The Labute approximate surface area is 95.8 Å². The van der Waals surface area contributed by atoms with Crippen molar-refractivity contribution in [3.05, 3.63) is 35.1 Å². The van der Waals surface area contributed by atoms with Crippen LogP contribution in [-0.2, 0) is 4.74 Å². The molecule has 0 spiro atoms. The van der Waals surface area contributed by atoms with Crippen LogP contribution in [0.2, 0.25) is 0 Å². The largest absolute Gasteiger partial charge is 0.368 e. The normalized spacial score (nSPS) is 30.4. The monoisotopic (exact) mass is 223 g/mol. The number of hydrogen-bond donors (Lipinski definition) is 1. The van der Waals surface area contributed by atoms with E-state index in [1.165, 1.54) is 6.07 Å². The Bertz CT molecular complexity index is 380. The molecule has 0 aromatic heterocycles. The number of hydrogen-bond acceptors (Lipinski definition) is 2. The zero-order chi connectivity index (χ0) is 11.7. The van der Waals surface area contributed by atoms with Crippen LogP contribution in [0.1, 0.15) is 31.1 Å². The molecule has 3 atom stereocenters. The molecule has 0 amide bonds. The Morgan fingerprint density at radius 1 is 1.38 bits per heavy atom. The van der Waals surface area contributed by atoms with Gasteiger partial charge in [-0.05, 0) is 44.0 Å². The number of halogens is 1. The molecule has 2 nitrogen and oxygen atoms in total. The van der Waals surface area contributed by atoms with Crippen molar-refractivity contribution in [2.24, 2.45) is 0 Å². The molecule has 1 N–H and O–H groups in total. The summed E-state index contributed by atoms with van der Waals surface area (Å²) in [6.45, 7) is 6.88. The van der Waals surface area contributed by atoms with E-state index in [0.717, 1.165) is 17.7 Å². The average Bonchev–Trinajstić information content (AvgIpc) is 2.22. The molecular weight excluding hydrogens is 205 g/mol. The number of benzene rings is 1. The van der Waals surface area contributed by atoms with Gasteiger partial charge >= 0.3 is 0 Å². The molecule has 1 fully saturated rings. The van der Waals surface area contributed by atoms with Gasteiger partial charge in [0.25, 0.3) is 0 Å². The van der Waals surface area contributed by atoms with Crippen LogP contribution in [0.15, 0.2) is 18.2 Å². The van der Waals surface area contributed by atoms with E-state index in [2.05, 4.69) is 19.2 Å². The van der Waals surface area contributed by atoms with E-state index < -0.39 is 0 Å². The Morgan fingerprint density at radius 3 is 2.75 bits per heavy atom. The van der Waals surface area contributed by atoms with Gasteiger partial charge in [0.05, 0.1) is 12.2 Å². The maximum atomic E-state index is 13.0.